The molecule has 4 rings (SSSR count). The summed E-state index contributed by atoms with van der Waals surface area (Å²) in [5, 5.41) is 14.2. The lowest BCUT2D eigenvalue weighted by Gasteiger charge is -2.31. The van der Waals surface area contributed by atoms with E-state index >= 15 is 0 Å². The Bertz CT molecular complexity index is 833. The van der Waals surface area contributed by atoms with Crippen LogP contribution in [0.25, 0.3) is 0 Å². The van der Waals surface area contributed by atoms with Crippen LogP contribution >= 0.6 is 15.9 Å². The van der Waals surface area contributed by atoms with Crippen LogP contribution in [-0.4, -0.2) is 73.9 Å². The summed E-state index contributed by atoms with van der Waals surface area (Å²) in [5.74, 6) is 2.24. The number of aromatic nitrogens is 2. The molecule has 1 aromatic heterocycles. The number of hydrazone groups is 1. The third kappa shape index (κ3) is 5.14. The van der Waals surface area contributed by atoms with E-state index in [9.17, 15) is 5.11 Å². The van der Waals surface area contributed by atoms with E-state index in [1.54, 1.807) is 24.4 Å². The van der Waals surface area contributed by atoms with Crippen LogP contribution < -0.4 is 15.2 Å². The van der Waals surface area contributed by atoms with Crippen molar-refractivity contribution in [2.75, 3.05) is 67.8 Å². The number of ether oxygens (including phenoxy) is 2. The second kappa shape index (κ2) is 9.38. The molecular formula is C19H23BrN6O3. The Morgan fingerprint density at radius 3 is 2.41 bits per heavy atom. The molecule has 0 bridgehead atoms. The fourth-order valence-electron chi connectivity index (χ4n) is 3.14. The van der Waals surface area contributed by atoms with E-state index in [0.29, 0.717) is 43.8 Å². The highest BCUT2D eigenvalue weighted by Crippen LogP contribution is 2.23. The summed E-state index contributed by atoms with van der Waals surface area (Å²) in [5.41, 5.74) is 3.57. The van der Waals surface area contributed by atoms with Crippen LogP contribution in [0.2, 0.25) is 0 Å². The van der Waals surface area contributed by atoms with Crippen molar-refractivity contribution < 1.29 is 14.6 Å². The lowest BCUT2D eigenvalue weighted by Crippen LogP contribution is -2.39. The first-order valence-electron chi connectivity index (χ1n) is 9.51. The van der Waals surface area contributed by atoms with E-state index in [0.717, 1.165) is 36.5 Å². The molecule has 2 aromatic rings. The van der Waals surface area contributed by atoms with Crippen molar-refractivity contribution in [2.45, 2.75) is 0 Å². The van der Waals surface area contributed by atoms with E-state index in [2.05, 4.69) is 41.2 Å². The van der Waals surface area contributed by atoms with Crippen molar-refractivity contribution in [1.29, 1.82) is 0 Å². The molecule has 2 aliphatic heterocycles. The number of hydrogen-bond donors (Lipinski definition) is 2. The molecule has 0 atom stereocenters. The standard InChI is InChI=1S/C19H23BrN6O3/c20-15-1-2-16(27)14(11-15)13-21-24-17-12-18(25-3-7-28-8-4-25)23-19(22-17)26-5-9-29-10-6-26/h1-2,11-13,27H,3-10H2,(H,22,23,24)/b21-13+. The third-order valence-corrected chi connectivity index (χ3v) is 5.20. The van der Waals surface area contributed by atoms with Gasteiger partial charge in [0, 0.05) is 42.3 Å². The number of aromatic hydroxyl groups is 1. The molecule has 0 spiro atoms. The zero-order valence-electron chi connectivity index (χ0n) is 15.9. The molecule has 2 aliphatic rings. The largest absolute Gasteiger partial charge is 0.507 e. The molecule has 2 N–H and O–H groups in total. The molecule has 9 nitrogen and oxygen atoms in total. The molecule has 0 amide bonds. The Balaban J connectivity index is 1.57. The topological polar surface area (TPSA) is 95.3 Å². The Morgan fingerprint density at radius 1 is 1.00 bits per heavy atom. The van der Waals surface area contributed by atoms with Gasteiger partial charge in [0.2, 0.25) is 5.95 Å². The molecule has 0 radical (unpaired) electrons. The van der Waals surface area contributed by atoms with E-state index in [1.165, 1.54) is 0 Å². The monoisotopic (exact) mass is 462 g/mol. The van der Waals surface area contributed by atoms with Crippen molar-refractivity contribution >= 4 is 39.7 Å². The van der Waals surface area contributed by atoms with Gasteiger partial charge in [0.15, 0.2) is 5.82 Å². The average Bonchev–Trinajstić information content (AvgIpc) is 2.77. The van der Waals surface area contributed by atoms with Crippen molar-refractivity contribution in [1.82, 2.24) is 9.97 Å². The Labute approximate surface area is 177 Å². The predicted octanol–water partition coefficient (Wildman–Crippen LogP) is 2.06. The van der Waals surface area contributed by atoms with Gasteiger partial charge in [0.25, 0.3) is 0 Å². The van der Waals surface area contributed by atoms with Gasteiger partial charge < -0.3 is 24.4 Å². The number of halogens is 1. The molecule has 10 heteroatoms. The lowest BCUT2D eigenvalue weighted by molar-refractivity contribution is 0.121. The highest BCUT2D eigenvalue weighted by Gasteiger charge is 2.19. The molecule has 2 fully saturated rings. The predicted molar refractivity (Wildman–Crippen MR) is 115 cm³/mol. The van der Waals surface area contributed by atoms with Gasteiger partial charge in [-0.2, -0.15) is 15.1 Å². The van der Waals surface area contributed by atoms with Crippen molar-refractivity contribution in [2.24, 2.45) is 5.10 Å². The van der Waals surface area contributed by atoms with Gasteiger partial charge in [-0.05, 0) is 18.2 Å². The molecular weight excluding hydrogens is 440 g/mol. The minimum atomic E-state index is 0.157. The number of phenols is 1. The molecule has 3 heterocycles. The molecule has 1 aromatic carbocycles. The normalized spacial score (nSPS) is 17.7. The molecule has 29 heavy (non-hydrogen) atoms. The average molecular weight is 463 g/mol. The van der Waals surface area contributed by atoms with Gasteiger partial charge in [-0.15, -0.1) is 0 Å². The third-order valence-electron chi connectivity index (χ3n) is 4.70. The molecule has 0 saturated carbocycles. The van der Waals surface area contributed by atoms with Crippen LogP contribution in [0.4, 0.5) is 17.6 Å². The Morgan fingerprint density at radius 2 is 1.69 bits per heavy atom. The lowest BCUT2D eigenvalue weighted by atomic mass is 10.2. The molecule has 2 saturated heterocycles. The maximum atomic E-state index is 9.96. The van der Waals surface area contributed by atoms with Gasteiger partial charge in [0.1, 0.15) is 11.6 Å². The summed E-state index contributed by atoms with van der Waals surface area (Å²) in [6.45, 7) is 5.76. The SMILES string of the molecule is Oc1ccc(Br)cc1/C=N/Nc1cc(N2CCOCC2)nc(N2CCOCC2)n1. The maximum Gasteiger partial charge on any atom is 0.229 e. The number of nitrogens with one attached hydrogen (secondary N) is 1. The van der Waals surface area contributed by atoms with Crippen LogP contribution in [0, 0.1) is 0 Å². The number of hydrogen-bond acceptors (Lipinski definition) is 9. The smallest absolute Gasteiger partial charge is 0.229 e. The van der Waals surface area contributed by atoms with Gasteiger partial charge in [-0.25, -0.2) is 0 Å². The molecule has 154 valence electrons. The fraction of sp³-hybridized carbons (Fsp3) is 0.421. The highest BCUT2D eigenvalue weighted by molar-refractivity contribution is 9.10. The van der Waals surface area contributed by atoms with E-state index < -0.39 is 0 Å². The van der Waals surface area contributed by atoms with Crippen LogP contribution in [-0.2, 0) is 9.47 Å². The summed E-state index contributed by atoms with van der Waals surface area (Å²) in [6.07, 6.45) is 1.56. The van der Waals surface area contributed by atoms with Crippen LogP contribution in [0.15, 0.2) is 33.8 Å². The number of morpholine rings is 2. The summed E-state index contributed by atoms with van der Waals surface area (Å²) in [7, 11) is 0. The highest BCUT2D eigenvalue weighted by atomic mass is 79.9. The first kappa shape index (κ1) is 19.9. The summed E-state index contributed by atoms with van der Waals surface area (Å²) in [6, 6.07) is 7.06. The Hall–Kier alpha value is -2.43. The number of rotatable bonds is 5. The van der Waals surface area contributed by atoms with Gasteiger partial charge in [-0.1, -0.05) is 15.9 Å². The summed E-state index contributed by atoms with van der Waals surface area (Å²) >= 11 is 3.40. The zero-order valence-corrected chi connectivity index (χ0v) is 17.5. The van der Waals surface area contributed by atoms with Gasteiger partial charge in [-0.3, -0.25) is 5.43 Å². The Kier molecular flexibility index (Phi) is 6.43. The minimum absolute atomic E-state index is 0.157. The second-order valence-electron chi connectivity index (χ2n) is 6.68. The van der Waals surface area contributed by atoms with Gasteiger partial charge in [0.05, 0.1) is 32.6 Å². The van der Waals surface area contributed by atoms with E-state index in [-0.39, 0.29) is 5.75 Å². The first-order chi connectivity index (χ1) is 14.2. The van der Waals surface area contributed by atoms with Crippen molar-refractivity contribution in [3.63, 3.8) is 0 Å². The number of nitrogens with zero attached hydrogens (tertiary/aromatic N) is 5. The number of benzene rings is 1. The fourth-order valence-corrected chi connectivity index (χ4v) is 3.51. The van der Waals surface area contributed by atoms with Crippen molar-refractivity contribution in [3.8, 4) is 5.75 Å². The summed E-state index contributed by atoms with van der Waals surface area (Å²) < 4.78 is 11.8. The zero-order chi connectivity index (χ0) is 20.1. The second-order valence-corrected chi connectivity index (χ2v) is 7.60. The summed E-state index contributed by atoms with van der Waals surface area (Å²) in [4.78, 5) is 13.7. The number of anilines is 3. The van der Waals surface area contributed by atoms with Crippen molar-refractivity contribution in [3.05, 3.63) is 34.3 Å². The first-order valence-corrected chi connectivity index (χ1v) is 10.3. The van der Waals surface area contributed by atoms with E-state index in [1.807, 2.05) is 6.07 Å². The quantitative estimate of drug-likeness (QED) is 0.514. The molecule has 0 aliphatic carbocycles. The van der Waals surface area contributed by atoms with Crippen LogP contribution in [0.3, 0.4) is 0 Å². The van der Waals surface area contributed by atoms with Crippen LogP contribution in [0.1, 0.15) is 5.56 Å². The van der Waals surface area contributed by atoms with E-state index in [4.69, 9.17) is 14.5 Å². The number of phenolic OH excluding ortho intramolecular Hbond substituents is 1. The maximum absolute atomic E-state index is 9.96. The molecule has 0 unspecified atom stereocenters. The van der Waals surface area contributed by atoms with Gasteiger partial charge >= 0.3 is 0 Å². The van der Waals surface area contributed by atoms with Crippen LogP contribution in [0.5, 0.6) is 5.75 Å². The minimum Gasteiger partial charge on any atom is -0.507 e.